The SMILES string of the molecule is CC(C)(C)OC(=O)N1CCC(O)(Cn2cnc3cc(N)ccc3c2=O)CC1.CN1CCN(CCC(=O)Nc2ccc3c(=O)n(CC4(O)CCN(C(=O)OC(C)(C)C)CC4)cnc3c2)CC1.S=S.S=S=S. The Labute approximate surface area is 431 Å². The second-order valence-corrected chi connectivity index (χ2v) is 21.5. The summed E-state index contributed by atoms with van der Waals surface area (Å²) in [5.74, 6) is -0.0726. The molecule has 70 heavy (non-hydrogen) atoms. The number of nitrogens with one attached hydrogen (secondary N) is 1. The maximum absolute atomic E-state index is 13.1. The molecule has 5 N–H and O–H groups in total. The molecule has 2 aromatic heterocycles. The highest BCUT2D eigenvalue weighted by atomic mass is 33.1. The van der Waals surface area contributed by atoms with Crippen LogP contribution in [0.3, 0.4) is 0 Å². The number of likely N-dealkylation sites (tertiary alicyclic amines) is 2. The smallest absolute Gasteiger partial charge is 0.410 e. The predicted molar refractivity (Wildman–Crippen MR) is 284 cm³/mol. The second kappa shape index (κ2) is 25.7. The van der Waals surface area contributed by atoms with Crippen molar-refractivity contribution in [2.45, 2.75) is 109 Å². The van der Waals surface area contributed by atoms with Crippen molar-refractivity contribution in [3.05, 3.63) is 69.8 Å². The predicted octanol–water partition coefficient (Wildman–Crippen LogP) is 3.46. The zero-order valence-corrected chi connectivity index (χ0v) is 45.0. The van der Waals surface area contributed by atoms with Gasteiger partial charge in [0.05, 0.1) is 58.8 Å². The summed E-state index contributed by atoms with van der Waals surface area (Å²) >= 11 is 15.6. The third-order valence-electron chi connectivity index (χ3n) is 11.8. The molecule has 4 aromatic rings. The standard InChI is InChI=1S/C27H40N6O5.C19H26N4O4.S3.S2/c1-26(2,3)38-25(36)32-11-8-27(37,9-12-32)18-33-19-28-22-17-20(5-6-21(22)24(33)35)29-23(34)7-10-31-15-13-30(4)14-16-31;1-18(2,3)27-17(25)22-8-6-19(26,7-9-22)11-23-12-21-15-10-13(20)4-5-14(15)16(23)24;1-3-2;1-2/h5-6,17,19,37H,7-16,18H2,1-4H3,(H,29,34);4-5,10,12,26H,6-9,11,20H2,1-3H3;;. The molecule has 384 valence electrons. The molecular formula is C46H66N10O9S5. The van der Waals surface area contributed by atoms with Crippen LogP contribution in [-0.4, -0.2) is 155 Å². The molecule has 0 unspecified atom stereocenters. The highest BCUT2D eigenvalue weighted by molar-refractivity contribution is 8.37. The number of rotatable bonds is 8. The summed E-state index contributed by atoms with van der Waals surface area (Å²) < 4.78 is 13.6. The first-order valence-electron chi connectivity index (χ1n) is 22.8. The zero-order chi connectivity index (χ0) is 52.0. The van der Waals surface area contributed by atoms with Gasteiger partial charge in [-0.15, -0.1) is 0 Å². The van der Waals surface area contributed by atoms with Crippen LogP contribution in [0.15, 0.2) is 58.6 Å². The Bertz CT molecular complexity index is 2590. The van der Waals surface area contributed by atoms with E-state index in [2.05, 4.69) is 76.9 Å². The van der Waals surface area contributed by atoms with E-state index in [1.54, 1.807) is 46.2 Å². The van der Waals surface area contributed by atoms with E-state index in [0.29, 0.717) is 98.0 Å². The normalized spacial score (nSPS) is 17.1. The van der Waals surface area contributed by atoms with Gasteiger partial charge in [0, 0.05) is 130 Å². The molecular weight excluding hydrogens is 997 g/mol. The zero-order valence-electron chi connectivity index (χ0n) is 40.9. The molecule has 3 aliphatic heterocycles. The molecule has 3 amide bonds. The summed E-state index contributed by atoms with van der Waals surface area (Å²) in [6.07, 6.45) is 3.87. The average molecular weight is 1060 g/mol. The lowest BCUT2D eigenvalue weighted by Crippen LogP contribution is -2.50. The molecule has 0 radical (unpaired) electrons. The number of nitrogens with two attached hydrogens (primary N) is 1. The van der Waals surface area contributed by atoms with E-state index in [4.69, 9.17) is 15.2 Å². The fraction of sp³-hybridized carbons (Fsp3) is 0.587. The van der Waals surface area contributed by atoms with E-state index in [-0.39, 0.29) is 36.2 Å². The quantitative estimate of drug-likeness (QED) is 0.185. The number of piperazine rings is 1. The molecule has 19 nitrogen and oxygen atoms in total. The van der Waals surface area contributed by atoms with Crippen LogP contribution in [-0.2, 0) is 81.0 Å². The van der Waals surface area contributed by atoms with Gasteiger partial charge in [-0.3, -0.25) is 23.5 Å². The van der Waals surface area contributed by atoms with Crippen LogP contribution < -0.4 is 22.2 Å². The first-order valence-corrected chi connectivity index (χ1v) is 26.8. The third kappa shape index (κ3) is 17.6. The van der Waals surface area contributed by atoms with Crippen LogP contribution in [0.2, 0.25) is 0 Å². The van der Waals surface area contributed by atoms with Gasteiger partial charge >= 0.3 is 12.2 Å². The number of fused-ring (bicyclic) bond motifs is 2. The van der Waals surface area contributed by atoms with Crippen molar-refractivity contribution in [3.63, 3.8) is 0 Å². The largest absolute Gasteiger partial charge is 0.444 e. The number of aliphatic hydroxyl groups is 2. The van der Waals surface area contributed by atoms with Crippen molar-refractivity contribution in [3.8, 4) is 0 Å². The molecule has 3 saturated heterocycles. The molecule has 5 heterocycles. The number of carbonyl (C=O) groups is 3. The highest BCUT2D eigenvalue weighted by Crippen LogP contribution is 2.27. The number of amides is 3. The van der Waals surface area contributed by atoms with Crippen molar-refractivity contribution in [2.75, 3.05) is 77.0 Å². The molecule has 0 saturated carbocycles. The Morgan fingerprint density at radius 1 is 0.714 bits per heavy atom. The van der Waals surface area contributed by atoms with Gasteiger partial charge in [0.2, 0.25) is 5.91 Å². The molecule has 0 atom stereocenters. The molecule has 2 aromatic carbocycles. The lowest BCUT2D eigenvalue weighted by atomic mass is 9.91. The van der Waals surface area contributed by atoms with Crippen molar-refractivity contribution >= 4 is 105 Å². The summed E-state index contributed by atoms with van der Waals surface area (Å²) in [7, 11) is 3.02. The number of anilines is 2. The fourth-order valence-electron chi connectivity index (χ4n) is 8.01. The highest BCUT2D eigenvalue weighted by Gasteiger charge is 2.37. The molecule has 0 aliphatic carbocycles. The number of nitrogen functional groups attached to an aromatic ring is 1. The van der Waals surface area contributed by atoms with Crippen molar-refractivity contribution < 1.29 is 34.1 Å². The fourth-order valence-corrected chi connectivity index (χ4v) is 8.01. The number of hydrogen-bond acceptors (Lipinski definition) is 18. The third-order valence-corrected chi connectivity index (χ3v) is 11.8. The van der Waals surface area contributed by atoms with Crippen molar-refractivity contribution in [2.24, 2.45) is 0 Å². The van der Waals surface area contributed by atoms with Crippen molar-refractivity contribution in [1.29, 1.82) is 0 Å². The molecule has 3 aliphatic rings. The second-order valence-electron chi connectivity index (χ2n) is 19.8. The van der Waals surface area contributed by atoms with Gasteiger partial charge in [-0.2, -0.15) is 0 Å². The maximum Gasteiger partial charge on any atom is 0.410 e. The summed E-state index contributed by atoms with van der Waals surface area (Å²) in [5, 5.41) is 25.8. The molecule has 3 fully saturated rings. The average Bonchev–Trinajstić information content (AvgIpc) is 3.28. The maximum atomic E-state index is 13.1. The van der Waals surface area contributed by atoms with Gasteiger partial charge < -0.3 is 50.3 Å². The Balaban J connectivity index is 0.000000292. The number of ether oxygens (including phenoxy) is 2. The number of nitrogens with zero attached hydrogens (tertiary/aromatic N) is 8. The van der Waals surface area contributed by atoms with Crippen molar-refractivity contribution in [1.82, 2.24) is 38.7 Å². The Kier molecular flexibility index (Phi) is 21.3. The summed E-state index contributed by atoms with van der Waals surface area (Å²) in [6, 6.07) is 10.0. The van der Waals surface area contributed by atoms with E-state index in [1.165, 1.54) is 21.8 Å². The van der Waals surface area contributed by atoms with Gasteiger partial charge in [0.1, 0.15) is 11.2 Å². The lowest BCUT2D eigenvalue weighted by Gasteiger charge is -2.38. The minimum atomic E-state index is -1.13. The van der Waals surface area contributed by atoms with Gasteiger partial charge in [0.15, 0.2) is 0 Å². The summed E-state index contributed by atoms with van der Waals surface area (Å²) in [4.78, 5) is 79.2. The minimum absolute atomic E-state index is 0.0726. The lowest BCUT2D eigenvalue weighted by molar-refractivity contribution is -0.116. The van der Waals surface area contributed by atoms with Gasteiger partial charge in [-0.25, -0.2) is 19.6 Å². The topological polar surface area (TPSA) is 231 Å². The molecule has 0 spiro atoms. The van der Waals surface area contributed by atoms with Crippen LogP contribution in [0, 0.1) is 0 Å². The number of benzene rings is 2. The first kappa shape index (κ1) is 58.0. The van der Waals surface area contributed by atoms with Gasteiger partial charge in [-0.05, 0) is 111 Å². The number of likely N-dealkylation sites (N-methyl/N-ethyl adjacent to an activating group) is 1. The van der Waals surface area contributed by atoms with E-state index in [1.807, 2.05) is 41.5 Å². The molecule has 7 rings (SSSR count). The monoisotopic (exact) mass is 1060 g/mol. The summed E-state index contributed by atoms with van der Waals surface area (Å²) in [6.45, 7) is 17.2. The minimum Gasteiger partial charge on any atom is -0.444 e. The van der Waals surface area contributed by atoms with Crippen LogP contribution in [0.4, 0.5) is 21.0 Å². The van der Waals surface area contributed by atoms with E-state index in [9.17, 15) is 34.2 Å². The van der Waals surface area contributed by atoms with Crippen LogP contribution in [0.25, 0.3) is 21.8 Å². The summed E-state index contributed by atoms with van der Waals surface area (Å²) in [5.41, 5.74) is 4.05. The van der Waals surface area contributed by atoms with Crippen LogP contribution >= 0.6 is 0 Å². The van der Waals surface area contributed by atoms with E-state index in [0.717, 1.165) is 35.1 Å². The van der Waals surface area contributed by atoms with E-state index < -0.39 is 28.5 Å². The number of piperidine rings is 2. The molecule has 0 bridgehead atoms. The molecule has 24 heteroatoms. The Morgan fingerprint density at radius 2 is 1.13 bits per heavy atom. The Hall–Kier alpha value is -4.53. The van der Waals surface area contributed by atoms with E-state index >= 15 is 0 Å². The number of carbonyl (C=O) groups excluding carboxylic acids is 3. The van der Waals surface area contributed by atoms with Gasteiger partial charge in [-0.1, -0.05) is 0 Å². The Morgan fingerprint density at radius 3 is 1.56 bits per heavy atom. The van der Waals surface area contributed by atoms with Crippen LogP contribution in [0.5, 0.6) is 0 Å². The first-order chi connectivity index (χ1) is 32.9. The van der Waals surface area contributed by atoms with Gasteiger partial charge in [0.25, 0.3) is 11.1 Å². The van der Waals surface area contributed by atoms with Crippen LogP contribution in [0.1, 0.15) is 73.6 Å². The number of aromatic nitrogens is 4. The number of hydrogen-bond donors (Lipinski definition) is 4.